The van der Waals surface area contributed by atoms with Gasteiger partial charge < -0.3 is 10.1 Å². The maximum absolute atomic E-state index is 5.99. The van der Waals surface area contributed by atoms with Crippen LogP contribution in [0.15, 0.2) is 72.8 Å². The molecule has 0 fully saturated rings. The molecule has 4 rings (SSSR count). The third-order valence-electron chi connectivity index (χ3n) is 5.08. The summed E-state index contributed by atoms with van der Waals surface area (Å²) in [6.07, 6.45) is 3.66. The SMILES string of the molecule is Cc1ccc(Oc2cccc(CN[C@H]3CCCc4ccccc43)c2)cc1. The fourth-order valence-corrected chi connectivity index (χ4v) is 3.67. The Hall–Kier alpha value is -2.58. The molecule has 1 aliphatic rings. The first-order chi connectivity index (χ1) is 12.8. The van der Waals surface area contributed by atoms with Crippen LogP contribution < -0.4 is 10.1 Å². The number of aryl methyl sites for hydroxylation is 2. The van der Waals surface area contributed by atoms with Crippen molar-refractivity contribution in [3.63, 3.8) is 0 Å². The van der Waals surface area contributed by atoms with Crippen LogP contribution in [0, 0.1) is 6.92 Å². The zero-order valence-corrected chi connectivity index (χ0v) is 15.2. The Balaban J connectivity index is 1.42. The molecule has 0 aromatic heterocycles. The van der Waals surface area contributed by atoms with E-state index in [0.29, 0.717) is 6.04 Å². The van der Waals surface area contributed by atoms with Crippen LogP contribution in [0.2, 0.25) is 0 Å². The van der Waals surface area contributed by atoms with Gasteiger partial charge in [-0.15, -0.1) is 0 Å². The van der Waals surface area contributed by atoms with Gasteiger partial charge in [-0.2, -0.15) is 0 Å². The van der Waals surface area contributed by atoms with Crippen molar-refractivity contribution < 1.29 is 4.74 Å². The minimum atomic E-state index is 0.446. The molecule has 0 radical (unpaired) electrons. The molecular formula is C24H25NO. The van der Waals surface area contributed by atoms with Crippen LogP contribution in [0.5, 0.6) is 11.5 Å². The highest BCUT2D eigenvalue weighted by Gasteiger charge is 2.18. The van der Waals surface area contributed by atoms with Crippen molar-refractivity contribution in [2.45, 2.75) is 38.8 Å². The first-order valence-electron chi connectivity index (χ1n) is 9.42. The molecule has 132 valence electrons. The fourth-order valence-electron chi connectivity index (χ4n) is 3.67. The smallest absolute Gasteiger partial charge is 0.127 e. The molecular weight excluding hydrogens is 318 g/mol. The van der Waals surface area contributed by atoms with Gasteiger partial charge in [-0.1, -0.05) is 54.1 Å². The topological polar surface area (TPSA) is 21.3 Å². The van der Waals surface area contributed by atoms with Crippen molar-refractivity contribution in [2.75, 3.05) is 0 Å². The highest BCUT2D eigenvalue weighted by molar-refractivity contribution is 5.36. The molecule has 3 aromatic rings. The Kier molecular flexibility index (Phi) is 5.03. The number of ether oxygens (including phenoxy) is 1. The van der Waals surface area contributed by atoms with Gasteiger partial charge in [0.25, 0.3) is 0 Å². The molecule has 2 heteroatoms. The first-order valence-corrected chi connectivity index (χ1v) is 9.42. The van der Waals surface area contributed by atoms with Gasteiger partial charge in [-0.05, 0) is 67.1 Å². The lowest BCUT2D eigenvalue weighted by Crippen LogP contribution is -2.24. The van der Waals surface area contributed by atoms with Crippen LogP contribution in [-0.2, 0) is 13.0 Å². The van der Waals surface area contributed by atoms with Crippen molar-refractivity contribution >= 4 is 0 Å². The zero-order chi connectivity index (χ0) is 17.8. The van der Waals surface area contributed by atoms with Gasteiger partial charge in [0.05, 0.1) is 0 Å². The molecule has 0 saturated heterocycles. The largest absolute Gasteiger partial charge is 0.457 e. The molecule has 1 atom stereocenters. The molecule has 0 aliphatic heterocycles. The van der Waals surface area contributed by atoms with Crippen LogP contribution in [-0.4, -0.2) is 0 Å². The van der Waals surface area contributed by atoms with E-state index in [2.05, 4.69) is 66.8 Å². The Morgan fingerprint density at radius 1 is 0.923 bits per heavy atom. The Labute approximate surface area is 155 Å². The third-order valence-corrected chi connectivity index (χ3v) is 5.08. The monoisotopic (exact) mass is 343 g/mol. The average molecular weight is 343 g/mol. The van der Waals surface area contributed by atoms with E-state index in [0.717, 1.165) is 18.0 Å². The molecule has 26 heavy (non-hydrogen) atoms. The minimum Gasteiger partial charge on any atom is -0.457 e. The van der Waals surface area contributed by atoms with Crippen molar-refractivity contribution in [1.29, 1.82) is 0 Å². The summed E-state index contributed by atoms with van der Waals surface area (Å²) >= 11 is 0. The summed E-state index contributed by atoms with van der Waals surface area (Å²) in [5.74, 6) is 1.76. The molecule has 2 nitrogen and oxygen atoms in total. The van der Waals surface area contributed by atoms with Gasteiger partial charge in [-0.25, -0.2) is 0 Å². The number of hydrogen-bond acceptors (Lipinski definition) is 2. The van der Waals surface area contributed by atoms with Gasteiger partial charge >= 0.3 is 0 Å². The normalized spacial score (nSPS) is 16.1. The molecule has 0 spiro atoms. The highest BCUT2D eigenvalue weighted by Crippen LogP contribution is 2.30. The molecule has 0 heterocycles. The number of fused-ring (bicyclic) bond motifs is 1. The van der Waals surface area contributed by atoms with E-state index in [9.17, 15) is 0 Å². The molecule has 0 saturated carbocycles. The van der Waals surface area contributed by atoms with Crippen LogP contribution in [0.4, 0.5) is 0 Å². The molecule has 0 amide bonds. The predicted octanol–water partition coefficient (Wildman–Crippen LogP) is 5.95. The number of benzene rings is 3. The minimum absolute atomic E-state index is 0.446. The fraction of sp³-hybridized carbons (Fsp3) is 0.250. The summed E-state index contributed by atoms with van der Waals surface area (Å²) in [7, 11) is 0. The standard InChI is InChI=1S/C24H25NO/c1-18-12-14-21(15-13-18)26-22-9-4-6-19(16-22)17-25-24-11-5-8-20-7-2-3-10-23(20)24/h2-4,6-7,9-10,12-16,24-25H,5,8,11,17H2,1H3/t24-/m0/s1. The second kappa shape index (κ2) is 7.76. The first kappa shape index (κ1) is 16.9. The summed E-state index contributed by atoms with van der Waals surface area (Å²) in [5, 5.41) is 3.74. The Bertz CT molecular complexity index is 869. The second-order valence-corrected chi connectivity index (χ2v) is 7.09. The third kappa shape index (κ3) is 3.97. The number of hydrogen-bond donors (Lipinski definition) is 1. The molecule has 0 unspecified atom stereocenters. The van der Waals surface area contributed by atoms with E-state index >= 15 is 0 Å². The summed E-state index contributed by atoms with van der Waals surface area (Å²) in [5.41, 5.74) is 5.44. The number of nitrogens with one attached hydrogen (secondary N) is 1. The van der Waals surface area contributed by atoms with Crippen LogP contribution in [0.3, 0.4) is 0 Å². The van der Waals surface area contributed by atoms with Gasteiger partial charge in [0.2, 0.25) is 0 Å². The van der Waals surface area contributed by atoms with E-state index in [1.807, 2.05) is 18.2 Å². The Morgan fingerprint density at radius 2 is 1.77 bits per heavy atom. The quantitative estimate of drug-likeness (QED) is 0.617. The van der Waals surface area contributed by atoms with Gasteiger partial charge in [0.1, 0.15) is 11.5 Å². The van der Waals surface area contributed by atoms with Crippen molar-refractivity contribution in [3.8, 4) is 11.5 Å². The highest BCUT2D eigenvalue weighted by atomic mass is 16.5. The lowest BCUT2D eigenvalue weighted by molar-refractivity contribution is 0.456. The lowest BCUT2D eigenvalue weighted by atomic mass is 9.87. The molecule has 1 aliphatic carbocycles. The lowest BCUT2D eigenvalue weighted by Gasteiger charge is -2.26. The van der Waals surface area contributed by atoms with Crippen molar-refractivity contribution in [3.05, 3.63) is 95.1 Å². The number of rotatable bonds is 5. The van der Waals surface area contributed by atoms with Crippen LogP contribution in [0.25, 0.3) is 0 Å². The van der Waals surface area contributed by atoms with Gasteiger partial charge in [0, 0.05) is 12.6 Å². The van der Waals surface area contributed by atoms with E-state index in [1.54, 1.807) is 0 Å². The van der Waals surface area contributed by atoms with Gasteiger partial charge in [0.15, 0.2) is 0 Å². The average Bonchev–Trinajstić information content (AvgIpc) is 2.68. The van der Waals surface area contributed by atoms with Crippen molar-refractivity contribution in [2.24, 2.45) is 0 Å². The molecule has 1 N–H and O–H groups in total. The van der Waals surface area contributed by atoms with Crippen LogP contribution in [0.1, 0.15) is 41.1 Å². The maximum atomic E-state index is 5.99. The summed E-state index contributed by atoms with van der Waals surface area (Å²) in [6.45, 7) is 2.93. The van der Waals surface area contributed by atoms with Crippen LogP contribution >= 0.6 is 0 Å². The van der Waals surface area contributed by atoms with Gasteiger partial charge in [-0.3, -0.25) is 0 Å². The molecule has 3 aromatic carbocycles. The van der Waals surface area contributed by atoms with E-state index in [1.165, 1.54) is 41.5 Å². The Morgan fingerprint density at radius 3 is 2.65 bits per heavy atom. The second-order valence-electron chi connectivity index (χ2n) is 7.09. The summed E-state index contributed by atoms with van der Waals surface area (Å²) in [6, 6.07) is 25.8. The maximum Gasteiger partial charge on any atom is 0.127 e. The van der Waals surface area contributed by atoms with E-state index < -0.39 is 0 Å². The van der Waals surface area contributed by atoms with E-state index in [4.69, 9.17) is 4.74 Å². The van der Waals surface area contributed by atoms with E-state index in [-0.39, 0.29) is 0 Å². The predicted molar refractivity (Wildman–Crippen MR) is 107 cm³/mol. The summed E-state index contributed by atoms with van der Waals surface area (Å²) < 4.78 is 5.99. The zero-order valence-electron chi connectivity index (χ0n) is 15.2. The molecule has 0 bridgehead atoms. The van der Waals surface area contributed by atoms with Crippen molar-refractivity contribution in [1.82, 2.24) is 5.32 Å². The summed E-state index contributed by atoms with van der Waals surface area (Å²) in [4.78, 5) is 0.